The Balaban J connectivity index is 1.78. The lowest BCUT2D eigenvalue weighted by atomic mass is 9.98. The fourth-order valence-electron chi connectivity index (χ4n) is 2.10. The first kappa shape index (κ1) is 13.1. The van der Waals surface area contributed by atoms with Crippen molar-refractivity contribution < 1.29 is 9.59 Å². The Bertz CT molecular complexity index is 407. The van der Waals surface area contributed by atoms with Gasteiger partial charge < -0.3 is 10.6 Å². The van der Waals surface area contributed by atoms with Crippen molar-refractivity contribution in [3.05, 3.63) is 22.4 Å². The summed E-state index contributed by atoms with van der Waals surface area (Å²) in [6.07, 6.45) is 1.98. The molecular weight excluding hydrogens is 248 g/mol. The van der Waals surface area contributed by atoms with Gasteiger partial charge in [-0.15, -0.1) is 11.3 Å². The Morgan fingerprint density at radius 1 is 1.67 bits per heavy atom. The van der Waals surface area contributed by atoms with Crippen molar-refractivity contribution in [2.75, 3.05) is 6.54 Å². The molecule has 0 spiro atoms. The molecule has 1 aliphatic heterocycles. The van der Waals surface area contributed by atoms with E-state index in [0.29, 0.717) is 19.4 Å². The van der Waals surface area contributed by atoms with E-state index in [2.05, 4.69) is 16.7 Å². The fraction of sp³-hybridized carbons (Fsp3) is 0.538. The smallest absolute Gasteiger partial charge is 0.225 e. The molecule has 2 unspecified atom stereocenters. The number of piperidine rings is 1. The lowest BCUT2D eigenvalue weighted by molar-refractivity contribution is -0.129. The Labute approximate surface area is 111 Å². The third kappa shape index (κ3) is 3.57. The van der Waals surface area contributed by atoms with Crippen molar-refractivity contribution in [3.8, 4) is 0 Å². The summed E-state index contributed by atoms with van der Waals surface area (Å²) in [4.78, 5) is 24.3. The molecule has 1 fully saturated rings. The third-order valence-corrected chi connectivity index (χ3v) is 4.01. The van der Waals surface area contributed by atoms with E-state index in [0.717, 1.165) is 6.42 Å². The van der Waals surface area contributed by atoms with Gasteiger partial charge in [0, 0.05) is 30.3 Å². The molecular formula is C13H18N2O2S. The minimum Gasteiger partial charge on any atom is -0.355 e. The van der Waals surface area contributed by atoms with Crippen molar-refractivity contribution in [1.82, 2.24) is 10.6 Å². The van der Waals surface area contributed by atoms with Gasteiger partial charge in [0.15, 0.2) is 0 Å². The molecule has 18 heavy (non-hydrogen) atoms. The van der Waals surface area contributed by atoms with E-state index in [4.69, 9.17) is 0 Å². The average molecular weight is 266 g/mol. The topological polar surface area (TPSA) is 58.2 Å². The molecule has 1 aromatic rings. The molecule has 1 aliphatic rings. The molecule has 0 radical (unpaired) electrons. The summed E-state index contributed by atoms with van der Waals surface area (Å²) in [6.45, 7) is 2.48. The standard InChI is InChI=1S/C13H18N2O2S/c1-9(7-11-3-2-6-18-11)15-13(17)10-4-5-12(16)14-8-10/h2-3,6,9-10H,4-5,7-8H2,1H3,(H,14,16)(H,15,17). The molecule has 1 saturated heterocycles. The highest BCUT2D eigenvalue weighted by Crippen LogP contribution is 2.13. The van der Waals surface area contributed by atoms with Crippen LogP contribution in [0.3, 0.4) is 0 Å². The van der Waals surface area contributed by atoms with Crippen LogP contribution >= 0.6 is 11.3 Å². The summed E-state index contributed by atoms with van der Waals surface area (Å²) < 4.78 is 0. The molecule has 2 heterocycles. The highest BCUT2D eigenvalue weighted by Gasteiger charge is 2.25. The van der Waals surface area contributed by atoms with Crippen LogP contribution in [0.2, 0.25) is 0 Å². The van der Waals surface area contributed by atoms with E-state index in [1.807, 2.05) is 18.4 Å². The molecule has 4 nitrogen and oxygen atoms in total. The van der Waals surface area contributed by atoms with Gasteiger partial charge in [-0.2, -0.15) is 0 Å². The van der Waals surface area contributed by atoms with Crippen molar-refractivity contribution in [2.45, 2.75) is 32.2 Å². The molecule has 2 rings (SSSR count). The van der Waals surface area contributed by atoms with Crippen LogP contribution < -0.4 is 10.6 Å². The Morgan fingerprint density at radius 3 is 3.11 bits per heavy atom. The summed E-state index contributed by atoms with van der Waals surface area (Å²) >= 11 is 1.71. The van der Waals surface area contributed by atoms with Gasteiger partial charge in [-0.3, -0.25) is 9.59 Å². The predicted molar refractivity (Wildman–Crippen MR) is 71.4 cm³/mol. The maximum absolute atomic E-state index is 12.0. The highest BCUT2D eigenvalue weighted by atomic mass is 32.1. The van der Waals surface area contributed by atoms with Crippen LogP contribution in [0, 0.1) is 5.92 Å². The minimum atomic E-state index is -0.0755. The molecule has 0 aromatic carbocycles. The third-order valence-electron chi connectivity index (χ3n) is 3.11. The first-order valence-corrected chi connectivity index (χ1v) is 7.12. The number of carbonyl (C=O) groups is 2. The summed E-state index contributed by atoms with van der Waals surface area (Å²) in [6, 6.07) is 4.23. The van der Waals surface area contributed by atoms with Crippen LogP contribution in [0.15, 0.2) is 17.5 Å². The zero-order valence-electron chi connectivity index (χ0n) is 10.4. The molecule has 2 atom stereocenters. The number of amides is 2. The lowest BCUT2D eigenvalue weighted by Gasteiger charge is -2.23. The summed E-state index contributed by atoms with van der Waals surface area (Å²) in [7, 11) is 0. The highest BCUT2D eigenvalue weighted by molar-refractivity contribution is 7.09. The quantitative estimate of drug-likeness (QED) is 0.863. The normalized spacial score (nSPS) is 21.2. The van der Waals surface area contributed by atoms with Gasteiger partial charge >= 0.3 is 0 Å². The second-order valence-electron chi connectivity index (χ2n) is 4.73. The first-order valence-electron chi connectivity index (χ1n) is 6.24. The summed E-state index contributed by atoms with van der Waals surface area (Å²) in [5.41, 5.74) is 0. The monoisotopic (exact) mass is 266 g/mol. The maximum atomic E-state index is 12.0. The van der Waals surface area contributed by atoms with Crippen LogP contribution in [0.5, 0.6) is 0 Å². The van der Waals surface area contributed by atoms with Gasteiger partial charge in [0.05, 0.1) is 5.92 Å². The van der Waals surface area contributed by atoms with Gasteiger partial charge in [0.1, 0.15) is 0 Å². The zero-order chi connectivity index (χ0) is 13.0. The van der Waals surface area contributed by atoms with Crippen LogP contribution in [0.25, 0.3) is 0 Å². The first-order chi connectivity index (χ1) is 8.65. The molecule has 0 bridgehead atoms. The van der Waals surface area contributed by atoms with E-state index in [1.54, 1.807) is 11.3 Å². The maximum Gasteiger partial charge on any atom is 0.225 e. The summed E-state index contributed by atoms with van der Waals surface area (Å²) in [5, 5.41) is 7.80. The number of carbonyl (C=O) groups excluding carboxylic acids is 2. The van der Waals surface area contributed by atoms with Crippen molar-refractivity contribution >= 4 is 23.2 Å². The molecule has 0 saturated carbocycles. The second-order valence-corrected chi connectivity index (χ2v) is 5.77. The fourth-order valence-corrected chi connectivity index (χ4v) is 2.93. The average Bonchev–Trinajstić information content (AvgIpc) is 2.82. The number of hydrogen-bond acceptors (Lipinski definition) is 3. The molecule has 2 amide bonds. The summed E-state index contributed by atoms with van der Waals surface area (Å²) in [5.74, 6) is 0.0261. The zero-order valence-corrected chi connectivity index (χ0v) is 11.3. The van der Waals surface area contributed by atoms with Crippen molar-refractivity contribution in [1.29, 1.82) is 0 Å². The van der Waals surface area contributed by atoms with E-state index < -0.39 is 0 Å². The number of thiophene rings is 1. The van der Waals surface area contributed by atoms with Crippen LogP contribution in [-0.4, -0.2) is 24.4 Å². The van der Waals surface area contributed by atoms with E-state index in [-0.39, 0.29) is 23.8 Å². The van der Waals surface area contributed by atoms with Gasteiger partial charge in [0.25, 0.3) is 0 Å². The number of hydrogen-bond donors (Lipinski definition) is 2. The number of rotatable bonds is 4. The Kier molecular flexibility index (Phi) is 4.36. The second kappa shape index (κ2) is 6.00. The minimum absolute atomic E-state index is 0.0469. The SMILES string of the molecule is CC(Cc1cccs1)NC(=O)C1CCC(=O)NC1. The Hall–Kier alpha value is -1.36. The van der Waals surface area contributed by atoms with Gasteiger partial charge in [-0.1, -0.05) is 6.07 Å². The molecule has 5 heteroatoms. The van der Waals surface area contributed by atoms with Crippen LogP contribution in [-0.2, 0) is 16.0 Å². The predicted octanol–water partition coefficient (Wildman–Crippen LogP) is 1.32. The molecule has 2 N–H and O–H groups in total. The molecule has 98 valence electrons. The van der Waals surface area contributed by atoms with Crippen LogP contribution in [0.1, 0.15) is 24.6 Å². The van der Waals surface area contributed by atoms with Gasteiger partial charge in [-0.05, 0) is 24.8 Å². The van der Waals surface area contributed by atoms with Gasteiger partial charge in [0.2, 0.25) is 11.8 Å². The molecule has 1 aromatic heterocycles. The number of nitrogens with one attached hydrogen (secondary N) is 2. The van der Waals surface area contributed by atoms with E-state index in [9.17, 15) is 9.59 Å². The van der Waals surface area contributed by atoms with Crippen molar-refractivity contribution in [2.24, 2.45) is 5.92 Å². The Morgan fingerprint density at radius 2 is 2.50 bits per heavy atom. The van der Waals surface area contributed by atoms with Crippen LogP contribution in [0.4, 0.5) is 0 Å². The van der Waals surface area contributed by atoms with Gasteiger partial charge in [-0.25, -0.2) is 0 Å². The van der Waals surface area contributed by atoms with Crippen molar-refractivity contribution in [3.63, 3.8) is 0 Å². The molecule has 0 aliphatic carbocycles. The lowest BCUT2D eigenvalue weighted by Crippen LogP contribution is -2.45. The van der Waals surface area contributed by atoms with E-state index in [1.165, 1.54) is 4.88 Å². The largest absolute Gasteiger partial charge is 0.355 e. The van der Waals surface area contributed by atoms with E-state index >= 15 is 0 Å².